The first-order chi connectivity index (χ1) is 12.7. The number of hydrogen-bond acceptors (Lipinski definition) is 8. The van der Waals surface area contributed by atoms with Gasteiger partial charge in [0.15, 0.2) is 0 Å². The Labute approximate surface area is 156 Å². The molecule has 2 unspecified atom stereocenters. The molecule has 0 spiro atoms. The number of benzene rings is 1. The molecule has 3 heterocycles. The molecule has 4 rings (SSSR count). The van der Waals surface area contributed by atoms with Gasteiger partial charge in [-0.05, 0) is 36.9 Å². The molecule has 2 saturated heterocycles. The van der Waals surface area contributed by atoms with Crippen LogP contribution in [-0.2, 0) is 4.79 Å². The smallest absolute Gasteiger partial charge is 0.273 e. The summed E-state index contributed by atoms with van der Waals surface area (Å²) in [5.41, 5.74) is 8.89. The van der Waals surface area contributed by atoms with E-state index in [1.165, 1.54) is 0 Å². The van der Waals surface area contributed by atoms with E-state index in [0.717, 1.165) is 42.3 Å². The molecule has 1 aromatic rings. The Kier molecular flexibility index (Phi) is 4.84. The number of carbonyl (C=O) groups excluding carboxylic acids is 1. The van der Waals surface area contributed by atoms with E-state index in [2.05, 4.69) is 20.7 Å². The lowest BCUT2D eigenvalue weighted by atomic mass is 10.2. The van der Waals surface area contributed by atoms with Crippen molar-refractivity contribution in [2.45, 2.75) is 29.8 Å². The van der Waals surface area contributed by atoms with Gasteiger partial charge >= 0.3 is 0 Å². The minimum Gasteiger partial charge on any atom is -0.495 e. The highest BCUT2D eigenvalue weighted by Crippen LogP contribution is 2.45. The topological polar surface area (TPSA) is 78.1 Å². The quantitative estimate of drug-likeness (QED) is 0.652. The molecule has 2 atom stereocenters. The molecule has 3 aliphatic rings. The van der Waals surface area contributed by atoms with Crippen LogP contribution >= 0.6 is 11.9 Å². The Morgan fingerprint density at radius 2 is 1.81 bits per heavy atom. The summed E-state index contributed by atoms with van der Waals surface area (Å²) in [5.74, 6) is 1.65. The summed E-state index contributed by atoms with van der Waals surface area (Å²) in [6.07, 6.45) is 3.83. The van der Waals surface area contributed by atoms with Crippen LogP contribution in [0, 0.1) is 0 Å². The molecule has 1 amide bonds. The van der Waals surface area contributed by atoms with Crippen LogP contribution in [0.15, 0.2) is 35.0 Å². The molecule has 2 bridgehead atoms. The molecule has 0 aliphatic carbocycles. The van der Waals surface area contributed by atoms with Gasteiger partial charge in [0.05, 0.1) is 14.2 Å². The first-order valence-electron chi connectivity index (χ1n) is 8.64. The normalized spacial score (nSPS) is 24.7. The van der Waals surface area contributed by atoms with Gasteiger partial charge in [-0.1, -0.05) is 6.07 Å². The van der Waals surface area contributed by atoms with Crippen LogP contribution in [0.25, 0.3) is 0 Å². The van der Waals surface area contributed by atoms with Gasteiger partial charge in [0.25, 0.3) is 5.91 Å². The monoisotopic (exact) mass is 377 g/mol. The molecule has 140 valence electrons. The summed E-state index contributed by atoms with van der Waals surface area (Å²) in [6, 6.07) is 6.47. The standard InChI is InChI=1S/C17H23N5O3S/c1-24-14-4-3-5-15(25-2)16(14)26-22-11-6-7-12(22)10-21(9-11)17(23)13-8-18-20-19-13/h3-5,8,11-12,18-20H,6-7,9-10H2,1-2H3. The van der Waals surface area contributed by atoms with Crippen LogP contribution in [0.4, 0.5) is 0 Å². The molecular formula is C17H23N5O3S. The summed E-state index contributed by atoms with van der Waals surface area (Å²) in [7, 11) is 3.35. The highest BCUT2D eigenvalue weighted by Gasteiger charge is 2.43. The molecule has 9 heteroatoms. The number of nitrogens with one attached hydrogen (secondary N) is 3. The number of carbonyl (C=O) groups is 1. The van der Waals surface area contributed by atoms with E-state index >= 15 is 0 Å². The van der Waals surface area contributed by atoms with Gasteiger partial charge in [-0.25, -0.2) is 4.31 Å². The van der Waals surface area contributed by atoms with Crippen LogP contribution in [0.1, 0.15) is 12.8 Å². The molecule has 0 aromatic heterocycles. The number of piperazine rings is 1. The van der Waals surface area contributed by atoms with Crippen LogP contribution in [0.2, 0.25) is 0 Å². The zero-order valence-corrected chi connectivity index (χ0v) is 15.6. The first-order valence-corrected chi connectivity index (χ1v) is 9.42. The fourth-order valence-corrected chi connectivity index (χ4v) is 5.06. The second kappa shape index (κ2) is 7.26. The Morgan fingerprint density at radius 1 is 1.15 bits per heavy atom. The maximum absolute atomic E-state index is 12.6. The van der Waals surface area contributed by atoms with Gasteiger partial charge < -0.3 is 19.8 Å². The molecule has 3 aliphatic heterocycles. The van der Waals surface area contributed by atoms with Crippen LogP contribution in [0.5, 0.6) is 11.5 Å². The van der Waals surface area contributed by atoms with Gasteiger partial charge in [-0.15, -0.1) is 0 Å². The average Bonchev–Trinajstić information content (AvgIpc) is 3.27. The maximum atomic E-state index is 12.6. The molecular weight excluding hydrogens is 354 g/mol. The van der Waals surface area contributed by atoms with Crippen molar-refractivity contribution in [1.82, 2.24) is 25.6 Å². The highest BCUT2D eigenvalue weighted by molar-refractivity contribution is 7.97. The Balaban J connectivity index is 1.50. The third-order valence-electron chi connectivity index (χ3n) is 5.00. The predicted octanol–water partition coefficient (Wildman–Crippen LogP) is 0.840. The Bertz CT molecular complexity index is 692. The zero-order chi connectivity index (χ0) is 18.1. The number of likely N-dealkylation sites (tertiary alicyclic amines) is 1. The van der Waals surface area contributed by atoms with Crippen molar-refractivity contribution in [3.05, 3.63) is 30.1 Å². The summed E-state index contributed by atoms with van der Waals surface area (Å²) < 4.78 is 13.5. The second-order valence-corrected chi connectivity index (χ2v) is 7.50. The van der Waals surface area contributed by atoms with Gasteiger partial charge in [-0.3, -0.25) is 10.2 Å². The van der Waals surface area contributed by atoms with Crippen LogP contribution in [0.3, 0.4) is 0 Å². The third kappa shape index (κ3) is 3.06. The van der Waals surface area contributed by atoms with E-state index < -0.39 is 0 Å². The predicted molar refractivity (Wildman–Crippen MR) is 98.1 cm³/mol. The van der Waals surface area contributed by atoms with Crippen molar-refractivity contribution in [2.75, 3.05) is 27.3 Å². The number of methoxy groups -OCH3 is 2. The SMILES string of the molecule is COc1cccc(OC)c1SN1C2CCC1CN(C(=O)C1=CNNN1)C2. The van der Waals surface area contributed by atoms with Crippen molar-refractivity contribution in [2.24, 2.45) is 0 Å². The minimum atomic E-state index is 0.0268. The van der Waals surface area contributed by atoms with Crippen molar-refractivity contribution in [3.8, 4) is 11.5 Å². The number of hydrazine groups is 2. The minimum absolute atomic E-state index is 0.0268. The largest absolute Gasteiger partial charge is 0.495 e. The number of fused-ring (bicyclic) bond motifs is 2. The van der Waals surface area contributed by atoms with Crippen molar-refractivity contribution in [3.63, 3.8) is 0 Å². The number of rotatable bonds is 5. The molecule has 0 saturated carbocycles. The third-order valence-corrected chi connectivity index (χ3v) is 6.39. The maximum Gasteiger partial charge on any atom is 0.273 e. The summed E-state index contributed by atoms with van der Waals surface area (Å²) in [5, 5.41) is 0. The molecule has 0 radical (unpaired) electrons. The lowest BCUT2D eigenvalue weighted by molar-refractivity contribution is -0.129. The molecule has 26 heavy (non-hydrogen) atoms. The van der Waals surface area contributed by atoms with Crippen molar-refractivity contribution < 1.29 is 14.3 Å². The fraction of sp³-hybridized carbons (Fsp3) is 0.471. The average molecular weight is 377 g/mol. The van der Waals surface area contributed by atoms with E-state index in [4.69, 9.17) is 9.47 Å². The number of ether oxygens (including phenoxy) is 2. The van der Waals surface area contributed by atoms with Gasteiger partial charge in [0, 0.05) is 31.4 Å². The van der Waals surface area contributed by atoms with E-state index in [1.807, 2.05) is 23.1 Å². The number of amides is 1. The van der Waals surface area contributed by atoms with Gasteiger partial charge in [0.2, 0.25) is 0 Å². The van der Waals surface area contributed by atoms with E-state index in [9.17, 15) is 4.79 Å². The van der Waals surface area contributed by atoms with Crippen molar-refractivity contribution in [1.29, 1.82) is 0 Å². The first kappa shape index (κ1) is 17.3. The van der Waals surface area contributed by atoms with Crippen LogP contribution in [-0.4, -0.2) is 54.5 Å². The molecule has 1 aromatic carbocycles. The lowest BCUT2D eigenvalue weighted by Crippen LogP contribution is -2.53. The highest BCUT2D eigenvalue weighted by atomic mass is 32.2. The van der Waals surface area contributed by atoms with Gasteiger partial charge in [0.1, 0.15) is 22.1 Å². The molecule has 2 fully saturated rings. The van der Waals surface area contributed by atoms with E-state index in [0.29, 0.717) is 17.8 Å². The summed E-state index contributed by atoms with van der Waals surface area (Å²) >= 11 is 1.68. The zero-order valence-electron chi connectivity index (χ0n) is 14.8. The van der Waals surface area contributed by atoms with Crippen molar-refractivity contribution >= 4 is 17.9 Å². The van der Waals surface area contributed by atoms with Crippen LogP contribution < -0.4 is 25.9 Å². The molecule has 8 nitrogen and oxygen atoms in total. The van der Waals surface area contributed by atoms with E-state index in [1.54, 1.807) is 32.4 Å². The fourth-order valence-electron chi connectivity index (χ4n) is 3.73. The van der Waals surface area contributed by atoms with E-state index in [-0.39, 0.29) is 5.91 Å². The van der Waals surface area contributed by atoms with Gasteiger partial charge in [-0.2, -0.15) is 5.53 Å². The second-order valence-electron chi connectivity index (χ2n) is 6.49. The number of nitrogens with zero attached hydrogens (tertiary/aromatic N) is 2. The number of hydrogen-bond donors (Lipinski definition) is 3. The summed E-state index contributed by atoms with van der Waals surface area (Å²) in [6.45, 7) is 1.44. The summed E-state index contributed by atoms with van der Waals surface area (Å²) in [4.78, 5) is 15.6. The molecule has 3 N–H and O–H groups in total. The Morgan fingerprint density at radius 3 is 2.35 bits per heavy atom. The lowest BCUT2D eigenvalue weighted by Gasteiger charge is -2.40. The Hall–Kier alpha value is -2.10.